The zero-order chi connectivity index (χ0) is 8.97. The molecule has 1 aliphatic rings. The van der Waals surface area contributed by atoms with E-state index in [0.717, 1.165) is 5.84 Å². The maximum atomic E-state index is 5.41. The molecule has 0 bridgehead atoms. The summed E-state index contributed by atoms with van der Waals surface area (Å²) >= 11 is 1.94. The van der Waals surface area contributed by atoms with Gasteiger partial charge in [0, 0.05) is 6.04 Å². The summed E-state index contributed by atoms with van der Waals surface area (Å²) in [6.45, 7) is 4.13. The molecule has 3 nitrogen and oxygen atoms in total. The molecule has 0 amide bonds. The van der Waals surface area contributed by atoms with E-state index >= 15 is 0 Å². The van der Waals surface area contributed by atoms with Crippen LogP contribution >= 0.6 is 11.8 Å². The van der Waals surface area contributed by atoms with Crippen molar-refractivity contribution >= 4 is 17.6 Å². The minimum Gasteiger partial charge on any atom is -0.311 e. The van der Waals surface area contributed by atoms with Crippen molar-refractivity contribution in [1.29, 1.82) is 0 Å². The number of hydrazine groups is 1. The van der Waals surface area contributed by atoms with Gasteiger partial charge in [-0.15, -0.1) is 0 Å². The molecule has 12 heavy (non-hydrogen) atoms. The van der Waals surface area contributed by atoms with E-state index < -0.39 is 0 Å². The molecule has 1 saturated heterocycles. The Kier molecular flexibility index (Phi) is 3.88. The second kappa shape index (κ2) is 4.72. The number of rotatable bonds is 2. The topological polar surface area (TPSA) is 50.4 Å². The van der Waals surface area contributed by atoms with Crippen molar-refractivity contribution in [3.05, 3.63) is 0 Å². The first-order valence-corrected chi connectivity index (χ1v) is 5.45. The van der Waals surface area contributed by atoms with E-state index in [9.17, 15) is 0 Å². The fourth-order valence-electron chi connectivity index (χ4n) is 1.28. The van der Waals surface area contributed by atoms with Crippen LogP contribution in [0, 0.1) is 0 Å². The quantitative estimate of drug-likeness (QED) is 0.295. The van der Waals surface area contributed by atoms with E-state index in [1.807, 2.05) is 11.8 Å². The number of nitrogens with one attached hydrogen (secondary N) is 1. The van der Waals surface area contributed by atoms with Crippen LogP contribution in [0.25, 0.3) is 0 Å². The number of nitrogens with zero attached hydrogens (tertiary/aromatic N) is 1. The molecule has 1 aliphatic heterocycles. The summed E-state index contributed by atoms with van der Waals surface area (Å²) in [6.07, 6.45) is 2.49. The first kappa shape index (κ1) is 9.86. The standard InChI is InChI=1S/C8H17N3S/c1-6(2)10-8(11-9)7-4-3-5-12-7/h6-7H,3-5,9H2,1-2H3,(H,10,11). The molecular formula is C8H17N3S. The number of aliphatic imine (C=N–C) groups is 1. The lowest BCUT2D eigenvalue weighted by Crippen LogP contribution is -2.37. The van der Waals surface area contributed by atoms with Crippen LogP contribution < -0.4 is 11.3 Å². The number of thioether (sulfide) groups is 1. The molecule has 0 saturated carbocycles. The lowest BCUT2D eigenvalue weighted by atomic mass is 10.2. The molecule has 1 unspecified atom stereocenters. The zero-order valence-corrected chi connectivity index (χ0v) is 8.53. The Bertz CT molecular complexity index is 162. The third-order valence-electron chi connectivity index (χ3n) is 1.78. The van der Waals surface area contributed by atoms with Gasteiger partial charge < -0.3 is 5.43 Å². The van der Waals surface area contributed by atoms with Gasteiger partial charge in [-0.2, -0.15) is 11.8 Å². The average molecular weight is 187 g/mol. The number of amidine groups is 1. The summed E-state index contributed by atoms with van der Waals surface area (Å²) in [5, 5.41) is 0.511. The van der Waals surface area contributed by atoms with Crippen LogP contribution in [0.2, 0.25) is 0 Å². The Morgan fingerprint density at radius 3 is 2.83 bits per heavy atom. The fraction of sp³-hybridized carbons (Fsp3) is 0.875. The SMILES string of the molecule is CC(C)N=C(NN)C1CCCS1. The van der Waals surface area contributed by atoms with Crippen LogP contribution in [0.4, 0.5) is 0 Å². The minimum atomic E-state index is 0.331. The molecule has 1 atom stereocenters. The predicted octanol–water partition coefficient (Wildman–Crippen LogP) is 1.15. The molecule has 1 fully saturated rings. The van der Waals surface area contributed by atoms with Gasteiger partial charge in [-0.1, -0.05) is 0 Å². The highest BCUT2D eigenvalue weighted by molar-refractivity contribution is 8.00. The highest BCUT2D eigenvalue weighted by Crippen LogP contribution is 2.26. The summed E-state index contributed by atoms with van der Waals surface area (Å²) in [5.41, 5.74) is 2.70. The van der Waals surface area contributed by atoms with E-state index in [0.29, 0.717) is 11.3 Å². The van der Waals surface area contributed by atoms with E-state index in [4.69, 9.17) is 5.84 Å². The van der Waals surface area contributed by atoms with Crippen molar-refractivity contribution in [3.63, 3.8) is 0 Å². The third-order valence-corrected chi connectivity index (χ3v) is 3.17. The smallest absolute Gasteiger partial charge is 0.124 e. The maximum absolute atomic E-state index is 5.41. The van der Waals surface area contributed by atoms with Crippen molar-refractivity contribution in [2.75, 3.05) is 5.75 Å². The van der Waals surface area contributed by atoms with Crippen LogP contribution in [0.15, 0.2) is 4.99 Å². The van der Waals surface area contributed by atoms with Gasteiger partial charge in [0.15, 0.2) is 0 Å². The van der Waals surface area contributed by atoms with Crippen molar-refractivity contribution in [2.24, 2.45) is 10.8 Å². The molecule has 70 valence electrons. The average Bonchev–Trinajstić information content (AvgIpc) is 2.51. The first-order chi connectivity index (χ1) is 5.74. The highest BCUT2D eigenvalue weighted by Gasteiger charge is 2.20. The molecule has 0 aliphatic carbocycles. The normalized spacial score (nSPS) is 25.0. The van der Waals surface area contributed by atoms with Crippen molar-refractivity contribution < 1.29 is 0 Å². The van der Waals surface area contributed by atoms with Crippen LogP contribution in [0.5, 0.6) is 0 Å². The summed E-state index contributed by atoms with van der Waals surface area (Å²) in [5.74, 6) is 7.61. The van der Waals surface area contributed by atoms with Gasteiger partial charge in [-0.25, -0.2) is 5.84 Å². The van der Waals surface area contributed by atoms with E-state index in [1.54, 1.807) is 0 Å². The maximum Gasteiger partial charge on any atom is 0.124 e. The second-order valence-electron chi connectivity index (χ2n) is 3.25. The van der Waals surface area contributed by atoms with Crippen LogP contribution in [0.1, 0.15) is 26.7 Å². The molecule has 3 N–H and O–H groups in total. The molecule has 0 spiro atoms. The Hall–Kier alpha value is -0.220. The predicted molar refractivity (Wildman–Crippen MR) is 55.4 cm³/mol. The molecule has 0 radical (unpaired) electrons. The highest BCUT2D eigenvalue weighted by atomic mass is 32.2. The van der Waals surface area contributed by atoms with Gasteiger partial charge in [0.25, 0.3) is 0 Å². The van der Waals surface area contributed by atoms with Crippen LogP contribution in [-0.4, -0.2) is 22.9 Å². The monoisotopic (exact) mass is 187 g/mol. The van der Waals surface area contributed by atoms with Gasteiger partial charge in [-0.05, 0) is 32.4 Å². The summed E-state index contributed by atoms with van der Waals surface area (Å²) < 4.78 is 0. The van der Waals surface area contributed by atoms with Crippen LogP contribution in [-0.2, 0) is 0 Å². The van der Waals surface area contributed by atoms with Crippen molar-refractivity contribution in [3.8, 4) is 0 Å². The minimum absolute atomic E-state index is 0.331. The lowest BCUT2D eigenvalue weighted by Gasteiger charge is -2.12. The van der Waals surface area contributed by atoms with Crippen LogP contribution in [0.3, 0.4) is 0 Å². The van der Waals surface area contributed by atoms with Gasteiger partial charge >= 0.3 is 0 Å². The molecule has 1 heterocycles. The van der Waals surface area contributed by atoms with Gasteiger partial charge in [0.2, 0.25) is 0 Å². The van der Waals surface area contributed by atoms with E-state index in [2.05, 4.69) is 24.3 Å². The van der Waals surface area contributed by atoms with Gasteiger partial charge in [-0.3, -0.25) is 4.99 Å². The molecule has 0 aromatic rings. The Labute approximate surface area is 78.2 Å². The Morgan fingerprint density at radius 2 is 2.42 bits per heavy atom. The molecule has 1 rings (SSSR count). The van der Waals surface area contributed by atoms with Crippen molar-refractivity contribution in [1.82, 2.24) is 5.43 Å². The first-order valence-electron chi connectivity index (χ1n) is 4.40. The molecule has 0 aromatic carbocycles. The second-order valence-corrected chi connectivity index (χ2v) is 4.56. The van der Waals surface area contributed by atoms with E-state index in [-0.39, 0.29) is 0 Å². The third kappa shape index (κ3) is 2.68. The Balaban J connectivity index is 2.54. The number of hydrogen-bond donors (Lipinski definition) is 2. The van der Waals surface area contributed by atoms with Gasteiger partial charge in [0.05, 0.1) is 5.25 Å². The molecule has 4 heteroatoms. The zero-order valence-electron chi connectivity index (χ0n) is 7.71. The van der Waals surface area contributed by atoms with Crippen molar-refractivity contribution in [2.45, 2.75) is 38.0 Å². The number of hydrogen-bond acceptors (Lipinski definition) is 3. The lowest BCUT2D eigenvalue weighted by molar-refractivity contribution is 0.792. The summed E-state index contributed by atoms with van der Waals surface area (Å²) in [4.78, 5) is 4.44. The summed E-state index contributed by atoms with van der Waals surface area (Å²) in [7, 11) is 0. The van der Waals surface area contributed by atoms with Gasteiger partial charge in [0.1, 0.15) is 5.84 Å². The summed E-state index contributed by atoms with van der Waals surface area (Å²) in [6, 6.07) is 0.331. The van der Waals surface area contributed by atoms with E-state index in [1.165, 1.54) is 18.6 Å². The molecular weight excluding hydrogens is 170 g/mol. The largest absolute Gasteiger partial charge is 0.311 e. The number of nitrogens with two attached hydrogens (primary N) is 1. The fourth-order valence-corrected chi connectivity index (χ4v) is 2.52. The molecule has 0 aromatic heterocycles. The Morgan fingerprint density at radius 1 is 1.67 bits per heavy atom.